The molecule has 0 aromatic carbocycles. The third kappa shape index (κ3) is 4.44. The largest absolute Gasteiger partial charge is 0.463 e. The number of hydrogen-bond donors (Lipinski definition) is 2. The van der Waals surface area contributed by atoms with E-state index in [-0.39, 0.29) is 38.0 Å². The van der Waals surface area contributed by atoms with E-state index in [1.165, 1.54) is 0 Å². The minimum atomic E-state index is -1.33. The Hall–Kier alpha value is -0.690. The molecule has 23 heavy (non-hydrogen) atoms. The molecule has 2 fully saturated rings. The smallest absolute Gasteiger partial charge is 0.311 e. The molecule has 6 nitrogen and oxygen atoms in total. The van der Waals surface area contributed by atoms with Crippen LogP contribution in [0.25, 0.3) is 0 Å². The van der Waals surface area contributed by atoms with Gasteiger partial charge in [0.05, 0.1) is 18.1 Å². The highest BCUT2D eigenvalue weighted by Crippen LogP contribution is 2.50. The highest BCUT2D eigenvalue weighted by Gasteiger charge is 2.50. The van der Waals surface area contributed by atoms with Gasteiger partial charge in [0.2, 0.25) is 0 Å². The lowest BCUT2D eigenvalue weighted by molar-refractivity contribution is -0.181. The minimum Gasteiger partial charge on any atom is -0.463 e. The van der Waals surface area contributed by atoms with Gasteiger partial charge in [-0.2, -0.15) is 0 Å². The fraction of sp³-hybridized carbons (Fsp3) is 0.941. The van der Waals surface area contributed by atoms with Crippen molar-refractivity contribution in [3.63, 3.8) is 0 Å². The fourth-order valence-corrected chi connectivity index (χ4v) is 3.66. The first-order chi connectivity index (χ1) is 10.9. The number of aliphatic hydroxyl groups is 2. The number of carbonyl (C=O) groups excluding carboxylic acids is 1. The average molecular weight is 330 g/mol. The number of carbonyl (C=O) groups is 1. The molecule has 2 N–H and O–H groups in total. The Morgan fingerprint density at radius 2 is 1.91 bits per heavy atom. The first-order valence-corrected chi connectivity index (χ1v) is 8.59. The van der Waals surface area contributed by atoms with Crippen LogP contribution in [0.4, 0.5) is 0 Å². The van der Waals surface area contributed by atoms with E-state index in [2.05, 4.69) is 0 Å². The second kappa shape index (κ2) is 7.92. The predicted molar refractivity (Wildman–Crippen MR) is 83.3 cm³/mol. The molecule has 0 aliphatic heterocycles. The Balaban J connectivity index is 1.62. The quantitative estimate of drug-likeness (QED) is 0.380. The summed E-state index contributed by atoms with van der Waals surface area (Å²) in [6.45, 7) is 6.23. The molecule has 0 aromatic rings. The van der Waals surface area contributed by atoms with E-state index >= 15 is 0 Å². The van der Waals surface area contributed by atoms with Crippen LogP contribution < -0.4 is 0 Å². The standard InChI is InChI=1S/C17H30O6/c1-4-17(2,3)16(20)22-8-7-21-10-23-14-12-6-5-11(9-12)13(14)15(18)19/h11-15,18-19H,4-10H2,1-3H3. The van der Waals surface area contributed by atoms with Crippen LogP contribution in [0.5, 0.6) is 0 Å². The van der Waals surface area contributed by atoms with Gasteiger partial charge in [0.25, 0.3) is 0 Å². The number of ether oxygens (including phenoxy) is 3. The maximum atomic E-state index is 11.8. The highest BCUT2D eigenvalue weighted by atomic mass is 16.7. The van der Waals surface area contributed by atoms with E-state index < -0.39 is 11.7 Å². The third-order valence-electron chi connectivity index (χ3n) is 5.49. The maximum Gasteiger partial charge on any atom is 0.311 e. The number of esters is 1. The third-order valence-corrected chi connectivity index (χ3v) is 5.49. The molecule has 134 valence electrons. The molecule has 2 saturated carbocycles. The van der Waals surface area contributed by atoms with Crippen LogP contribution in [0.2, 0.25) is 0 Å². The van der Waals surface area contributed by atoms with Crippen LogP contribution in [-0.4, -0.2) is 48.6 Å². The Kier molecular flexibility index (Phi) is 6.42. The van der Waals surface area contributed by atoms with Crippen molar-refractivity contribution in [2.24, 2.45) is 23.2 Å². The summed E-state index contributed by atoms with van der Waals surface area (Å²) in [7, 11) is 0. The van der Waals surface area contributed by atoms with Crippen LogP contribution in [0, 0.1) is 23.2 Å². The number of aliphatic hydroxyl groups excluding tert-OH is 1. The van der Waals surface area contributed by atoms with Gasteiger partial charge in [-0.15, -0.1) is 0 Å². The lowest BCUT2D eigenvalue weighted by Gasteiger charge is -2.31. The van der Waals surface area contributed by atoms with E-state index in [1.807, 2.05) is 20.8 Å². The summed E-state index contributed by atoms with van der Waals surface area (Å²) >= 11 is 0. The summed E-state index contributed by atoms with van der Waals surface area (Å²) in [5.41, 5.74) is -0.468. The molecular formula is C17H30O6. The van der Waals surface area contributed by atoms with Crippen molar-refractivity contribution in [2.45, 2.75) is 58.8 Å². The molecular weight excluding hydrogens is 300 g/mol. The molecule has 0 aromatic heterocycles. The van der Waals surface area contributed by atoms with Crippen LogP contribution in [0.1, 0.15) is 46.5 Å². The van der Waals surface area contributed by atoms with Crippen molar-refractivity contribution in [3.8, 4) is 0 Å². The van der Waals surface area contributed by atoms with Gasteiger partial charge in [-0.1, -0.05) is 6.92 Å². The Bertz CT molecular complexity index is 395. The maximum absolute atomic E-state index is 11.8. The topological polar surface area (TPSA) is 85.2 Å². The monoisotopic (exact) mass is 330 g/mol. The molecule has 2 aliphatic rings. The number of fused-ring (bicyclic) bond motifs is 2. The van der Waals surface area contributed by atoms with Gasteiger partial charge in [0, 0.05) is 5.92 Å². The molecule has 0 radical (unpaired) electrons. The second-order valence-electron chi connectivity index (χ2n) is 7.35. The lowest BCUT2D eigenvalue weighted by Crippen LogP contribution is -2.38. The molecule has 2 rings (SSSR count). The molecule has 0 amide bonds. The summed E-state index contributed by atoms with van der Waals surface area (Å²) in [6.07, 6.45) is 2.41. The van der Waals surface area contributed by atoms with E-state index in [9.17, 15) is 15.0 Å². The Morgan fingerprint density at radius 3 is 2.57 bits per heavy atom. The summed E-state index contributed by atoms with van der Waals surface area (Å²) in [4.78, 5) is 11.8. The zero-order chi connectivity index (χ0) is 17.0. The van der Waals surface area contributed by atoms with Gasteiger partial charge in [-0.05, 0) is 51.4 Å². The van der Waals surface area contributed by atoms with Gasteiger partial charge in [0.15, 0.2) is 6.29 Å². The van der Waals surface area contributed by atoms with Gasteiger partial charge in [0.1, 0.15) is 13.4 Å². The lowest BCUT2D eigenvalue weighted by atomic mass is 9.86. The molecule has 6 heteroatoms. The summed E-state index contributed by atoms with van der Waals surface area (Å²) < 4.78 is 16.3. The zero-order valence-electron chi connectivity index (χ0n) is 14.4. The van der Waals surface area contributed by atoms with Gasteiger partial charge < -0.3 is 24.4 Å². The summed E-state index contributed by atoms with van der Waals surface area (Å²) in [5, 5.41) is 19.0. The fourth-order valence-electron chi connectivity index (χ4n) is 3.66. The normalized spacial score (nSPS) is 30.2. The molecule has 2 aliphatic carbocycles. The van der Waals surface area contributed by atoms with Crippen molar-refractivity contribution in [1.29, 1.82) is 0 Å². The number of hydrogen-bond acceptors (Lipinski definition) is 6. The molecule has 0 spiro atoms. The highest BCUT2D eigenvalue weighted by molar-refractivity contribution is 5.75. The molecule has 2 bridgehead atoms. The van der Waals surface area contributed by atoms with Crippen LogP contribution in [0.15, 0.2) is 0 Å². The van der Waals surface area contributed by atoms with Gasteiger partial charge in [-0.25, -0.2) is 0 Å². The van der Waals surface area contributed by atoms with Crippen molar-refractivity contribution < 1.29 is 29.2 Å². The van der Waals surface area contributed by atoms with Crippen LogP contribution >= 0.6 is 0 Å². The zero-order valence-corrected chi connectivity index (χ0v) is 14.4. The second-order valence-corrected chi connectivity index (χ2v) is 7.35. The SMILES string of the molecule is CCC(C)(C)C(=O)OCCOCOC1C2CCC(C2)C1C(O)O. The van der Waals surface area contributed by atoms with Crippen molar-refractivity contribution >= 4 is 5.97 Å². The van der Waals surface area contributed by atoms with E-state index in [0.29, 0.717) is 11.8 Å². The molecule has 0 saturated heterocycles. The van der Waals surface area contributed by atoms with Crippen LogP contribution in [-0.2, 0) is 19.0 Å². The molecule has 0 heterocycles. The first kappa shape index (κ1) is 18.6. The average Bonchev–Trinajstić information content (AvgIpc) is 3.11. The molecule has 4 unspecified atom stereocenters. The predicted octanol–water partition coefficient (Wildman–Crippen LogP) is 1.68. The van der Waals surface area contributed by atoms with Crippen molar-refractivity contribution in [1.82, 2.24) is 0 Å². The van der Waals surface area contributed by atoms with E-state index in [4.69, 9.17) is 14.2 Å². The van der Waals surface area contributed by atoms with E-state index in [0.717, 1.165) is 25.7 Å². The van der Waals surface area contributed by atoms with Gasteiger partial charge >= 0.3 is 5.97 Å². The van der Waals surface area contributed by atoms with Crippen LogP contribution in [0.3, 0.4) is 0 Å². The van der Waals surface area contributed by atoms with Crippen molar-refractivity contribution in [2.75, 3.05) is 20.0 Å². The first-order valence-electron chi connectivity index (χ1n) is 8.59. The van der Waals surface area contributed by atoms with Crippen molar-refractivity contribution in [3.05, 3.63) is 0 Å². The Labute approximate surface area is 138 Å². The number of rotatable bonds is 9. The summed E-state index contributed by atoms with van der Waals surface area (Å²) in [6, 6.07) is 0. The Morgan fingerprint density at radius 1 is 1.22 bits per heavy atom. The van der Waals surface area contributed by atoms with Gasteiger partial charge in [-0.3, -0.25) is 4.79 Å². The summed E-state index contributed by atoms with van der Waals surface area (Å²) in [5.74, 6) is 0.322. The minimum absolute atomic E-state index is 0.0891. The molecule has 4 atom stereocenters. The van der Waals surface area contributed by atoms with E-state index in [1.54, 1.807) is 0 Å².